The van der Waals surface area contributed by atoms with E-state index in [1.54, 1.807) is 0 Å². The van der Waals surface area contributed by atoms with Crippen molar-refractivity contribution < 1.29 is 0 Å². The van der Waals surface area contributed by atoms with Gasteiger partial charge in [0.15, 0.2) is 0 Å². The quantitative estimate of drug-likeness (QED) is 0.767. The van der Waals surface area contributed by atoms with Gasteiger partial charge in [0.2, 0.25) is 0 Å². The van der Waals surface area contributed by atoms with Crippen molar-refractivity contribution in [3.8, 4) is 0 Å². The Morgan fingerprint density at radius 2 is 2.36 bits per heavy atom. The summed E-state index contributed by atoms with van der Waals surface area (Å²) in [7, 11) is 0. The first-order valence-corrected chi connectivity index (χ1v) is 4.94. The van der Waals surface area contributed by atoms with Crippen LogP contribution in [0, 0.1) is 9.49 Å². The summed E-state index contributed by atoms with van der Waals surface area (Å²) < 4.78 is 3.22. The Bertz CT molecular complexity index is 218. The minimum Gasteiger partial charge on any atom is -0.272 e. The van der Waals surface area contributed by atoms with Gasteiger partial charge < -0.3 is 0 Å². The molecule has 0 N–H and O–H groups in total. The molecule has 62 valence electrons. The first kappa shape index (κ1) is 9.03. The predicted molar refractivity (Wildman–Crippen MR) is 54.4 cm³/mol. The normalized spacial score (nSPS) is 10.9. The highest BCUT2D eigenvalue weighted by Gasteiger charge is 1.96. The van der Waals surface area contributed by atoms with Gasteiger partial charge >= 0.3 is 0 Å². The number of rotatable bonds is 3. The van der Waals surface area contributed by atoms with Gasteiger partial charge in [-0.3, -0.25) is 4.68 Å². The van der Waals surface area contributed by atoms with Crippen LogP contribution in [0.5, 0.6) is 0 Å². The molecule has 0 bridgehead atoms. The fourth-order valence-electron chi connectivity index (χ4n) is 0.851. The van der Waals surface area contributed by atoms with Crippen LogP contribution in [0.2, 0.25) is 0 Å². The van der Waals surface area contributed by atoms with Crippen molar-refractivity contribution in [2.75, 3.05) is 0 Å². The van der Waals surface area contributed by atoms with Crippen molar-refractivity contribution in [1.82, 2.24) is 9.78 Å². The lowest BCUT2D eigenvalue weighted by Crippen LogP contribution is -2.01. The second kappa shape index (κ2) is 4.09. The minimum atomic E-state index is 0.761. The summed E-state index contributed by atoms with van der Waals surface area (Å²) in [6, 6.07) is 0. The lowest BCUT2D eigenvalue weighted by molar-refractivity contribution is 0.487. The second-order valence-electron chi connectivity index (χ2n) is 3.10. The molecule has 3 heteroatoms. The van der Waals surface area contributed by atoms with Gasteiger partial charge in [0.05, 0.1) is 9.77 Å². The van der Waals surface area contributed by atoms with Crippen LogP contribution in [0.15, 0.2) is 12.4 Å². The maximum Gasteiger partial charge on any atom is 0.0623 e. The Morgan fingerprint density at radius 3 is 2.82 bits per heavy atom. The zero-order chi connectivity index (χ0) is 8.27. The molecule has 1 aromatic rings. The Balaban J connectivity index is 2.39. The summed E-state index contributed by atoms with van der Waals surface area (Å²) >= 11 is 2.27. The molecule has 0 aliphatic carbocycles. The monoisotopic (exact) mass is 264 g/mol. The molecule has 0 amide bonds. The molecule has 1 aromatic heterocycles. The molecule has 2 nitrogen and oxygen atoms in total. The first-order valence-electron chi connectivity index (χ1n) is 3.86. The maximum atomic E-state index is 4.20. The Kier molecular flexibility index (Phi) is 3.36. The fourth-order valence-corrected chi connectivity index (χ4v) is 1.30. The van der Waals surface area contributed by atoms with Crippen molar-refractivity contribution in [3.63, 3.8) is 0 Å². The molecular formula is C8H13IN2. The third-order valence-electron chi connectivity index (χ3n) is 1.54. The SMILES string of the molecule is CC(C)CCn1cc(I)cn1. The number of nitrogens with zero attached hydrogens (tertiary/aromatic N) is 2. The van der Waals surface area contributed by atoms with E-state index in [2.05, 4.69) is 47.7 Å². The summed E-state index contributed by atoms with van der Waals surface area (Å²) in [5.41, 5.74) is 0. The van der Waals surface area contributed by atoms with Crippen molar-refractivity contribution in [3.05, 3.63) is 16.0 Å². The maximum absolute atomic E-state index is 4.20. The molecule has 0 aromatic carbocycles. The van der Waals surface area contributed by atoms with Gasteiger partial charge in [0, 0.05) is 12.7 Å². The second-order valence-corrected chi connectivity index (χ2v) is 4.35. The predicted octanol–water partition coefficient (Wildman–Crippen LogP) is 2.53. The molecule has 11 heavy (non-hydrogen) atoms. The number of hydrogen-bond donors (Lipinski definition) is 0. The smallest absolute Gasteiger partial charge is 0.0623 e. The van der Waals surface area contributed by atoms with Crippen LogP contribution in [-0.2, 0) is 6.54 Å². The van der Waals surface area contributed by atoms with E-state index in [1.807, 2.05) is 10.9 Å². The van der Waals surface area contributed by atoms with Crippen LogP contribution in [0.4, 0.5) is 0 Å². The molecule has 0 unspecified atom stereocenters. The van der Waals surface area contributed by atoms with E-state index in [0.29, 0.717) is 0 Å². The Labute approximate surface area is 81.1 Å². The van der Waals surface area contributed by atoms with Crippen LogP contribution >= 0.6 is 22.6 Å². The molecule has 0 aliphatic heterocycles. The van der Waals surface area contributed by atoms with Crippen molar-refractivity contribution >= 4 is 22.6 Å². The third-order valence-corrected chi connectivity index (χ3v) is 2.09. The zero-order valence-corrected chi connectivity index (χ0v) is 9.08. The number of halogens is 1. The van der Waals surface area contributed by atoms with Crippen molar-refractivity contribution in [2.24, 2.45) is 5.92 Å². The molecule has 0 aliphatic rings. The average molecular weight is 264 g/mol. The lowest BCUT2D eigenvalue weighted by atomic mass is 10.1. The van der Waals surface area contributed by atoms with E-state index < -0.39 is 0 Å². The van der Waals surface area contributed by atoms with Gasteiger partial charge in [-0.2, -0.15) is 5.10 Å². The number of aromatic nitrogens is 2. The summed E-state index contributed by atoms with van der Waals surface area (Å²) in [5.74, 6) is 0.761. The molecule has 1 rings (SSSR count). The standard InChI is InChI=1S/C8H13IN2/c1-7(2)3-4-11-6-8(9)5-10-11/h5-7H,3-4H2,1-2H3. The highest BCUT2D eigenvalue weighted by atomic mass is 127. The molecule has 0 fully saturated rings. The van der Waals surface area contributed by atoms with Gasteiger partial charge in [-0.15, -0.1) is 0 Å². The topological polar surface area (TPSA) is 17.8 Å². The summed E-state index contributed by atoms with van der Waals surface area (Å²) in [4.78, 5) is 0. The first-order chi connectivity index (χ1) is 5.18. The molecule has 1 heterocycles. The molecule has 0 saturated carbocycles. The molecule has 0 saturated heterocycles. The summed E-state index contributed by atoms with van der Waals surface area (Å²) in [5, 5.41) is 4.20. The fraction of sp³-hybridized carbons (Fsp3) is 0.625. The van der Waals surface area contributed by atoms with E-state index in [9.17, 15) is 0 Å². The van der Waals surface area contributed by atoms with Crippen molar-refractivity contribution in [2.45, 2.75) is 26.8 Å². The van der Waals surface area contributed by atoms with Gasteiger partial charge in [-0.05, 0) is 34.9 Å². The van der Waals surface area contributed by atoms with Gasteiger partial charge in [0.25, 0.3) is 0 Å². The molecular weight excluding hydrogens is 251 g/mol. The van der Waals surface area contributed by atoms with Crippen LogP contribution in [0.25, 0.3) is 0 Å². The number of aryl methyl sites for hydroxylation is 1. The van der Waals surface area contributed by atoms with E-state index in [0.717, 1.165) is 12.5 Å². The molecule has 0 radical (unpaired) electrons. The Hall–Kier alpha value is -0.0600. The van der Waals surface area contributed by atoms with Crippen molar-refractivity contribution in [1.29, 1.82) is 0 Å². The van der Waals surface area contributed by atoms with E-state index in [4.69, 9.17) is 0 Å². The van der Waals surface area contributed by atoms with Gasteiger partial charge in [0.1, 0.15) is 0 Å². The average Bonchev–Trinajstić information content (AvgIpc) is 2.31. The Morgan fingerprint density at radius 1 is 1.64 bits per heavy atom. The van der Waals surface area contributed by atoms with Gasteiger partial charge in [-0.1, -0.05) is 13.8 Å². The minimum absolute atomic E-state index is 0.761. The highest BCUT2D eigenvalue weighted by Crippen LogP contribution is 2.05. The summed E-state index contributed by atoms with van der Waals surface area (Å²) in [6.07, 6.45) is 5.17. The molecule has 0 spiro atoms. The molecule has 0 atom stereocenters. The van der Waals surface area contributed by atoms with Crippen LogP contribution in [0.1, 0.15) is 20.3 Å². The highest BCUT2D eigenvalue weighted by molar-refractivity contribution is 14.1. The number of hydrogen-bond acceptors (Lipinski definition) is 1. The van der Waals surface area contributed by atoms with Crippen LogP contribution < -0.4 is 0 Å². The summed E-state index contributed by atoms with van der Waals surface area (Å²) in [6.45, 7) is 5.50. The van der Waals surface area contributed by atoms with Crippen LogP contribution in [-0.4, -0.2) is 9.78 Å². The van der Waals surface area contributed by atoms with Gasteiger partial charge in [-0.25, -0.2) is 0 Å². The third kappa shape index (κ3) is 3.22. The zero-order valence-electron chi connectivity index (χ0n) is 6.92. The van der Waals surface area contributed by atoms with E-state index >= 15 is 0 Å². The lowest BCUT2D eigenvalue weighted by Gasteiger charge is -2.03. The van der Waals surface area contributed by atoms with Crippen LogP contribution in [0.3, 0.4) is 0 Å². The van der Waals surface area contributed by atoms with E-state index in [1.165, 1.54) is 9.99 Å². The largest absolute Gasteiger partial charge is 0.272 e. The van der Waals surface area contributed by atoms with E-state index in [-0.39, 0.29) is 0 Å².